The third kappa shape index (κ3) is 2.13. The number of carbonyl (C=O) groups is 1. The van der Waals surface area contributed by atoms with Gasteiger partial charge in [-0.1, -0.05) is 6.07 Å². The van der Waals surface area contributed by atoms with Crippen molar-refractivity contribution in [1.29, 1.82) is 0 Å². The van der Waals surface area contributed by atoms with Crippen molar-refractivity contribution in [2.75, 3.05) is 34.4 Å². The van der Waals surface area contributed by atoms with Crippen LogP contribution in [0.3, 0.4) is 0 Å². The topological polar surface area (TPSA) is 50.8 Å². The van der Waals surface area contributed by atoms with Crippen LogP contribution in [0.4, 0.5) is 0 Å². The Morgan fingerprint density at radius 2 is 2.06 bits per heavy atom. The zero-order valence-electron chi connectivity index (χ0n) is 10.9. The highest BCUT2D eigenvalue weighted by Gasteiger charge is 2.28. The van der Waals surface area contributed by atoms with Crippen molar-refractivity contribution in [3.63, 3.8) is 0 Å². The van der Waals surface area contributed by atoms with E-state index in [4.69, 9.17) is 9.47 Å². The van der Waals surface area contributed by atoms with E-state index < -0.39 is 0 Å². The average molecular weight is 250 g/mol. The molecule has 5 nitrogen and oxygen atoms in total. The fourth-order valence-electron chi connectivity index (χ4n) is 1.96. The molecule has 2 rings (SSSR count). The van der Waals surface area contributed by atoms with Gasteiger partial charge in [0.1, 0.15) is 0 Å². The molecular weight excluding hydrogens is 232 g/mol. The number of ether oxygens (including phenoxy) is 2. The Kier molecular flexibility index (Phi) is 3.72. The predicted molar refractivity (Wildman–Crippen MR) is 68.3 cm³/mol. The molecule has 5 heteroatoms. The number of para-hydroxylation sites is 1. The van der Waals surface area contributed by atoms with Crippen LogP contribution >= 0.6 is 0 Å². The molecule has 0 saturated carbocycles. The van der Waals surface area contributed by atoms with E-state index in [1.54, 1.807) is 37.3 Å². The van der Waals surface area contributed by atoms with E-state index in [9.17, 15) is 4.79 Å². The first-order valence-electron chi connectivity index (χ1n) is 5.88. The van der Waals surface area contributed by atoms with Gasteiger partial charge < -0.3 is 19.7 Å². The average Bonchev–Trinajstić information content (AvgIpc) is 2.34. The highest BCUT2D eigenvalue weighted by Crippen LogP contribution is 2.31. The summed E-state index contributed by atoms with van der Waals surface area (Å²) in [4.78, 5) is 14.1. The molecule has 0 aliphatic carbocycles. The van der Waals surface area contributed by atoms with Crippen molar-refractivity contribution in [3.05, 3.63) is 23.8 Å². The lowest BCUT2D eigenvalue weighted by atomic mass is 10.1. The third-order valence-electron chi connectivity index (χ3n) is 3.26. The van der Waals surface area contributed by atoms with Gasteiger partial charge in [-0.15, -0.1) is 0 Å². The zero-order chi connectivity index (χ0) is 13.1. The Balaban J connectivity index is 2.28. The molecule has 1 aromatic rings. The van der Waals surface area contributed by atoms with Crippen LogP contribution in [-0.2, 0) is 0 Å². The number of amides is 1. The number of hydrogen-bond acceptors (Lipinski definition) is 4. The van der Waals surface area contributed by atoms with Crippen molar-refractivity contribution in [1.82, 2.24) is 10.2 Å². The van der Waals surface area contributed by atoms with Gasteiger partial charge in [0.15, 0.2) is 11.5 Å². The number of methoxy groups -OCH3 is 2. The van der Waals surface area contributed by atoms with Crippen LogP contribution in [0.25, 0.3) is 0 Å². The molecule has 1 amide bonds. The number of nitrogens with one attached hydrogen (secondary N) is 1. The van der Waals surface area contributed by atoms with Gasteiger partial charge in [0.05, 0.1) is 25.8 Å². The lowest BCUT2D eigenvalue weighted by molar-refractivity contribution is 0.0677. The first-order valence-corrected chi connectivity index (χ1v) is 5.88. The molecule has 0 bridgehead atoms. The van der Waals surface area contributed by atoms with Gasteiger partial charge in [-0.25, -0.2) is 0 Å². The molecule has 0 atom stereocenters. The molecule has 0 spiro atoms. The number of nitrogens with zero attached hydrogens (tertiary/aromatic N) is 1. The SMILES string of the molecule is COc1cccc(C(=O)N(C)C2CNC2)c1OC. The first kappa shape index (κ1) is 12.7. The summed E-state index contributed by atoms with van der Waals surface area (Å²) in [5.74, 6) is 1.02. The Morgan fingerprint density at radius 1 is 1.33 bits per heavy atom. The minimum Gasteiger partial charge on any atom is -0.493 e. The quantitative estimate of drug-likeness (QED) is 0.856. The van der Waals surface area contributed by atoms with Crippen LogP contribution in [-0.4, -0.2) is 51.2 Å². The fourth-order valence-corrected chi connectivity index (χ4v) is 1.96. The van der Waals surface area contributed by atoms with Gasteiger partial charge >= 0.3 is 0 Å². The summed E-state index contributed by atoms with van der Waals surface area (Å²) < 4.78 is 10.5. The van der Waals surface area contributed by atoms with Crippen LogP contribution in [0.5, 0.6) is 11.5 Å². The molecule has 1 heterocycles. The normalized spacial score (nSPS) is 14.8. The van der Waals surface area contributed by atoms with Gasteiger partial charge in [0.2, 0.25) is 0 Å². The van der Waals surface area contributed by atoms with Gasteiger partial charge in [0.25, 0.3) is 5.91 Å². The van der Waals surface area contributed by atoms with Crippen LogP contribution in [0.15, 0.2) is 18.2 Å². The predicted octanol–water partition coefficient (Wildman–Crippen LogP) is 0.748. The molecule has 1 N–H and O–H groups in total. The lowest BCUT2D eigenvalue weighted by Gasteiger charge is -2.35. The van der Waals surface area contributed by atoms with Crippen LogP contribution in [0, 0.1) is 0 Å². The molecular formula is C13H18N2O3. The largest absolute Gasteiger partial charge is 0.493 e. The maximum absolute atomic E-state index is 12.4. The van der Waals surface area contributed by atoms with Gasteiger partial charge in [0, 0.05) is 20.1 Å². The Morgan fingerprint density at radius 3 is 2.56 bits per heavy atom. The monoisotopic (exact) mass is 250 g/mol. The van der Waals surface area contributed by atoms with E-state index in [-0.39, 0.29) is 11.9 Å². The molecule has 0 radical (unpaired) electrons. The summed E-state index contributed by atoms with van der Waals surface area (Å²) in [6.07, 6.45) is 0. The summed E-state index contributed by atoms with van der Waals surface area (Å²) in [5.41, 5.74) is 0.534. The molecule has 0 aromatic heterocycles. The third-order valence-corrected chi connectivity index (χ3v) is 3.26. The second-order valence-corrected chi connectivity index (χ2v) is 4.27. The van der Waals surface area contributed by atoms with Crippen molar-refractivity contribution in [2.45, 2.75) is 6.04 Å². The van der Waals surface area contributed by atoms with Gasteiger partial charge in [-0.2, -0.15) is 0 Å². The van der Waals surface area contributed by atoms with Crippen LogP contribution in [0.2, 0.25) is 0 Å². The van der Waals surface area contributed by atoms with Crippen molar-refractivity contribution < 1.29 is 14.3 Å². The fraction of sp³-hybridized carbons (Fsp3) is 0.462. The highest BCUT2D eigenvalue weighted by molar-refractivity contribution is 5.98. The molecule has 0 unspecified atom stereocenters. The molecule has 1 saturated heterocycles. The minimum absolute atomic E-state index is 0.0442. The Hall–Kier alpha value is -1.75. The van der Waals surface area contributed by atoms with E-state index in [1.165, 1.54) is 0 Å². The summed E-state index contributed by atoms with van der Waals surface area (Å²) in [6.45, 7) is 1.68. The number of benzene rings is 1. The number of likely N-dealkylation sites (N-methyl/N-ethyl adjacent to an activating group) is 1. The van der Waals surface area contributed by atoms with Crippen molar-refractivity contribution >= 4 is 5.91 Å². The maximum atomic E-state index is 12.4. The second kappa shape index (κ2) is 5.27. The second-order valence-electron chi connectivity index (χ2n) is 4.27. The number of hydrogen-bond donors (Lipinski definition) is 1. The van der Waals surface area contributed by atoms with E-state index in [2.05, 4.69) is 5.32 Å². The van der Waals surface area contributed by atoms with E-state index in [1.807, 2.05) is 7.05 Å². The number of rotatable bonds is 4. The number of carbonyl (C=O) groups excluding carboxylic acids is 1. The molecule has 1 aromatic carbocycles. The van der Waals surface area contributed by atoms with Crippen molar-refractivity contribution in [3.8, 4) is 11.5 Å². The summed E-state index contributed by atoms with van der Waals surface area (Å²) >= 11 is 0. The summed E-state index contributed by atoms with van der Waals surface area (Å²) in [6, 6.07) is 5.59. The van der Waals surface area contributed by atoms with E-state index >= 15 is 0 Å². The molecule has 1 fully saturated rings. The smallest absolute Gasteiger partial charge is 0.257 e. The molecule has 1 aliphatic rings. The maximum Gasteiger partial charge on any atom is 0.257 e. The summed E-state index contributed by atoms with van der Waals surface area (Å²) in [7, 11) is 4.91. The standard InChI is InChI=1S/C13H18N2O3/c1-15(9-7-14-8-9)13(16)10-5-4-6-11(17-2)12(10)18-3/h4-6,9,14H,7-8H2,1-3H3. The van der Waals surface area contributed by atoms with Gasteiger partial charge in [-0.3, -0.25) is 4.79 Å². The Labute approximate surface area is 107 Å². The molecule has 18 heavy (non-hydrogen) atoms. The van der Waals surface area contributed by atoms with Crippen molar-refractivity contribution in [2.24, 2.45) is 0 Å². The zero-order valence-corrected chi connectivity index (χ0v) is 10.9. The van der Waals surface area contributed by atoms with Crippen LogP contribution in [0.1, 0.15) is 10.4 Å². The molecule has 1 aliphatic heterocycles. The lowest BCUT2D eigenvalue weighted by Crippen LogP contribution is -2.57. The first-order chi connectivity index (χ1) is 8.69. The van der Waals surface area contributed by atoms with E-state index in [0.29, 0.717) is 17.1 Å². The highest BCUT2D eigenvalue weighted by atomic mass is 16.5. The summed E-state index contributed by atoms with van der Waals surface area (Å²) in [5, 5.41) is 3.15. The Bertz CT molecular complexity index is 444. The molecule has 98 valence electrons. The van der Waals surface area contributed by atoms with Crippen LogP contribution < -0.4 is 14.8 Å². The van der Waals surface area contributed by atoms with Gasteiger partial charge in [-0.05, 0) is 12.1 Å². The minimum atomic E-state index is -0.0442. The van der Waals surface area contributed by atoms with E-state index in [0.717, 1.165) is 13.1 Å².